The van der Waals surface area contributed by atoms with Crippen LogP contribution in [-0.4, -0.2) is 16.5 Å². The highest BCUT2D eigenvalue weighted by atomic mass is 16.3. The van der Waals surface area contributed by atoms with Crippen LogP contribution in [0.2, 0.25) is 0 Å². The van der Waals surface area contributed by atoms with E-state index < -0.39 is 5.60 Å². The fourth-order valence-electron chi connectivity index (χ4n) is 6.34. The summed E-state index contributed by atoms with van der Waals surface area (Å²) in [5.74, 6) is 2.12. The minimum absolute atomic E-state index is 0.0631. The minimum atomic E-state index is -0.852. The van der Waals surface area contributed by atoms with Gasteiger partial charge in [-0.05, 0) is 76.5 Å². The Morgan fingerprint density at radius 3 is 2.67 bits per heavy atom. The quantitative estimate of drug-likeness (QED) is 0.498. The predicted molar refractivity (Wildman–Crippen MR) is 112 cm³/mol. The van der Waals surface area contributed by atoms with E-state index in [-0.39, 0.29) is 23.0 Å². The number of carbonyl (C=O) groups is 1. The van der Waals surface area contributed by atoms with Gasteiger partial charge in [-0.1, -0.05) is 49.3 Å². The lowest BCUT2D eigenvalue weighted by molar-refractivity contribution is -0.120. The standard InChI is InChI=1S/C25H38O2/c1-16(2)8-7-9-17(3)19-12-13-24(5)14-21-23(18(4)10-11-20(19)24)22(26)15-25(21,6)27/h7-10,17,19-21,23,27H,11-15H2,1-6H3/b9-7-,18-10?/t17-,19+,20-,21-,23+,24+,25+/m0/s1. The lowest BCUT2D eigenvalue weighted by Gasteiger charge is -2.42. The molecule has 0 bridgehead atoms. The van der Waals surface area contributed by atoms with Crippen molar-refractivity contribution in [1.29, 1.82) is 0 Å². The molecule has 2 nitrogen and oxygen atoms in total. The summed E-state index contributed by atoms with van der Waals surface area (Å²) in [5, 5.41) is 11.0. The van der Waals surface area contributed by atoms with Crippen molar-refractivity contribution in [3.8, 4) is 0 Å². The summed E-state index contributed by atoms with van der Waals surface area (Å²) in [6.07, 6.45) is 14.0. The van der Waals surface area contributed by atoms with Crippen LogP contribution in [0.4, 0.5) is 0 Å². The van der Waals surface area contributed by atoms with Crippen molar-refractivity contribution < 1.29 is 9.90 Å². The van der Waals surface area contributed by atoms with Gasteiger partial charge in [0.05, 0.1) is 5.60 Å². The molecule has 0 heterocycles. The van der Waals surface area contributed by atoms with E-state index in [4.69, 9.17) is 0 Å². The second kappa shape index (κ2) is 7.35. The number of Topliss-reactive ketones (excluding diaryl/α,β-unsaturated/α-hetero) is 1. The van der Waals surface area contributed by atoms with Gasteiger partial charge in [-0.3, -0.25) is 4.79 Å². The van der Waals surface area contributed by atoms with Crippen LogP contribution >= 0.6 is 0 Å². The van der Waals surface area contributed by atoms with Crippen molar-refractivity contribution in [2.24, 2.45) is 35.0 Å². The van der Waals surface area contributed by atoms with E-state index in [0.717, 1.165) is 12.8 Å². The van der Waals surface area contributed by atoms with E-state index in [9.17, 15) is 9.90 Å². The van der Waals surface area contributed by atoms with Gasteiger partial charge in [0.15, 0.2) is 0 Å². The van der Waals surface area contributed by atoms with Crippen LogP contribution in [0, 0.1) is 35.0 Å². The van der Waals surface area contributed by atoms with E-state index in [1.54, 1.807) is 0 Å². The Labute approximate surface area is 165 Å². The molecule has 3 aliphatic carbocycles. The van der Waals surface area contributed by atoms with Crippen LogP contribution in [0.5, 0.6) is 0 Å². The summed E-state index contributed by atoms with van der Waals surface area (Å²) in [4.78, 5) is 12.6. The number of rotatable bonds is 3. The molecular weight excluding hydrogens is 332 g/mol. The normalized spacial score (nSPS) is 42.9. The van der Waals surface area contributed by atoms with Gasteiger partial charge in [-0.2, -0.15) is 0 Å². The van der Waals surface area contributed by atoms with Gasteiger partial charge in [-0.15, -0.1) is 0 Å². The molecule has 3 aliphatic rings. The predicted octanol–water partition coefficient (Wildman–Crippen LogP) is 5.87. The highest BCUT2D eigenvalue weighted by molar-refractivity contribution is 5.87. The Kier molecular flexibility index (Phi) is 5.60. The first-order chi connectivity index (χ1) is 12.5. The second-order valence-corrected chi connectivity index (χ2v) is 10.4. The van der Waals surface area contributed by atoms with Gasteiger partial charge < -0.3 is 5.11 Å². The highest BCUT2D eigenvalue weighted by Crippen LogP contribution is 2.59. The maximum absolute atomic E-state index is 12.6. The first-order valence-electron chi connectivity index (χ1n) is 10.8. The SMILES string of the molecule is CC(C)=C/C=C\[C@H](C)[C@H]1CC[C@]2(C)C[C@H]3[C@H](C(=O)C[C@@]3(C)O)C(C)=CC[C@@H]12. The molecule has 27 heavy (non-hydrogen) atoms. The summed E-state index contributed by atoms with van der Waals surface area (Å²) in [6.45, 7) is 13.1. The largest absolute Gasteiger partial charge is 0.389 e. The zero-order valence-electron chi connectivity index (χ0n) is 18.1. The fourth-order valence-corrected chi connectivity index (χ4v) is 6.34. The van der Waals surface area contributed by atoms with Gasteiger partial charge in [0.2, 0.25) is 0 Å². The molecule has 0 aromatic heterocycles. The Bertz CT molecular complexity index is 676. The van der Waals surface area contributed by atoms with Crippen molar-refractivity contribution in [3.05, 3.63) is 35.5 Å². The second-order valence-electron chi connectivity index (χ2n) is 10.4. The van der Waals surface area contributed by atoms with Crippen LogP contribution in [-0.2, 0) is 4.79 Å². The molecule has 2 fully saturated rings. The average Bonchev–Trinajstić information content (AvgIpc) is 2.97. The Balaban J connectivity index is 1.88. The van der Waals surface area contributed by atoms with Crippen LogP contribution in [0.3, 0.4) is 0 Å². The van der Waals surface area contributed by atoms with Gasteiger partial charge in [0.25, 0.3) is 0 Å². The van der Waals surface area contributed by atoms with E-state index in [2.05, 4.69) is 58.9 Å². The molecule has 150 valence electrons. The van der Waals surface area contributed by atoms with Crippen molar-refractivity contribution in [3.63, 3.8) is 0 Å². The lowest BCUT2D eigenvalue weighted by atomic mass is 9.63. The molecule has 0 saturated heterocycles. The van der Waals surface area contributed by atoms with Crippen molar-refractivity contribution in [2.45, 2.75) is 79.2 Å². The molecular formula is C25H38O2. The van der Waals surface area contributed by atoms with Gasteiger partial charge in [-0.25, -0.2) is 0 Å². The molecule has 0 radical (unpaired) electrons. The van der Waals surface area contributed by atoms with Crippen molar-refractivity contribution in [2.75, 3.05) is 0 Å². The zero-order chi connectivity index (χ0) is 20.0. The number of allylic oxidation sites excluding steroid dienone is 6. The third kappa shape index (κ3) is 3.88. The van der Waals surface area contributed by atoms with Crippen molar-refractivity contribution in [1.82, 2.24) is 0 Å². The molecule has 0 aliphatic heterocycles. The summed E-state index contributed by atoms with van der Waals surface area (Å²) >= 11 is 0. The topological polar surface area (TPSA) is 37.3 Å². The van der Waals surface area contributed by atoms with E-state index in [1.165, 1.54) is 24.0 Å². The molecule has 2 heteroatoms. The zero-order valence-corrected chi connectivity index (χ0v) is 18.1. The molecule has 3 rings (SSSR count). The lowest BCUT2D eigenvalue weighted by Crippen LogP contribution is -2.40. The van der Waals surface area contributed by atoms with E-state index in [0.29, 0.717) is 24.2 Å². The first kappa shape index (κ1) is 20.6. The summed E-state index contributed by atoms with van der Waals surface area (Å²) < 4.78 is 0. The molecule has 1 N–H and O–H groups in total. The average molecular weight is 371 g/mol. The number of carbonyl (C=O) groups excluding carboxylic acids is 1. The number of hydrogen-bond acceptors (Lipinski definition) is 2. The number of fused-ring (bicyclic) bond motifs is 2. The molecule has 7 atom stereocenters. The van der Waals surface area contributed by atoms with Crippen molar-refractivity contribution >= 4 is 5.78 Å². The summed E-state index contributed by atoms with van der Waals surface area (Å²) in [7, 11) is 0. The Morgan fingerprint density at radius 1 is 1.30 bits per heavy atom. The molecule has 2 saturated carbocycles. The smallest absolute Gasteiger partial charge is 0.143 e. The van der Waals surface area contributed by atoms with Gasteiger partial charge in [0, 0.05) is 18.3 Å². The van der Waals surface area contributed by atoms with Gasteiger partial charge >= 0.3 is 0 Å². The van der Waals surface area contributed by atoms with Gasteiger partial charge in [0.1, 0.15) is 5.78 Å². The number of ketones is 1. The van der Waals surface area contributed by atoms with Crippen LogP contribution in [0.25, 0.3) is 0 Å². The van der Waals surface area contributed by atoms with Crippen LogP contribution in [0.15, 0.2) is 35.5 Å². The molecule has 0 amide bonds. The maximum atomic E-state index is 12.6. The highest BCUT2D eigenvalue weighted by Gasteiger charge is 2.56. The number of hydrogen-bond donors (Lipinski definition) is 1. The maximum Gasteiger partial charge on any atom is 0.143 e. The monoisotopic (exact) mass is 370 g/mol. The summed E-state index contributed by atoms with van der Waals surface area (Å²) in [5.41, 5.74) is 1.90. The summed E-state index contributed by atoms with van der Waals surface area (Å²) in [6, 6.07) is 0. The molecule has 0 spiro atoms. The minimum Gasteiger partial charge on any atom is -0.389 e. The third-order valence-electron chi connectivity index (χ3n) is 7.93. The van der Waals surface area contributed by atoms with Crippen LogP contribution < -0.4 is 0 Å². The third-order valence-corrected chi connectivity index (χ3v) is 7.93. The fraction of sp³-hybridized carbons (Fsp3) is 0.720. The van der Waals surface area contributed by atoms with E-state index in [1.807, 2.05) is 6.92 Å². The molecule has 0 aromatic rings. The van der Waals surface area contributed by atoms with E-state index >= 15 is 0 Å². The first-order valence-corrected chi connectivity index (χ1v) is 10.8. The van der Waals surface area contributed by atoms with Crippen LogP contribution in [0.1, 0.15) is 73.6 Å². The Hall–Kier alpha value is -1.15. The Morgan fingerprint density at radius 2 is 2.00 bits per heavy atom. The molecule has 0 unspecified atom stereocenters. The number of aliphatic hydroxyl groups is 1. The molecule has 0 aromatic carbocycles.